The molecule has 1 aromatic carbocycles. The van der Waals surface area contributed by atoms with Crippen LogP contribution in [0.5, 0.6) is 0 Å². The van der Waals surface area contributed by atoms with Crippen molar-refractivity contribution >= 4 is 11.8 Å². The van der Waals surface area contributed by atoms with Gasteiger partial charge in [-0.3, -0.25) is 0 Å². The Kier molecular flexibility index (Phi) is 3.67. The molecule has 2 rings (SSSR count). The molecule has 0 fully saturated rings. The Bertz CT molecular complexity index is 464. The van der Waals surface area contributed by atoms with Crippen LogP contribution in [0.2, 0.25) is 0 Å². The van der Waals surface area contributed by atoms with Crippen LogP contribution >= 0.6 is 11.8 Å². The fourth-order valence-electron chi connectivity index (χ4n) is 1.56. The number of thioether (sulfide) groups is 1. The minimum absolute atomic E-state index is 0.881. The molecular formula is C13H15NOS. The highest BCUT2D eigenvalue weighted by atomic mass is 32.2. The van der Waals surface area contributed by atoms with E-state index in [1.54, 1.807) is 0 Å². The summed E-state index contributed by atoms with van der Waals surface area (Å²) < 4.78 is 5.02. The number of aryl methyl sites for hydroxylation is 2. The van der Waals surface area contributed by atoms with Gasteiger partial charge in [0.15, 0.2) is 0 Å². The van der Waals surface area contributed by atoms with Crippen molar-refractivity contribution in [2.24, 2.45) is 0 Å². The minimum Gasteiger partial charge on any atom is -0.361 e. The zero-order chi connectivity index (χ0) is 11.4. The van der Waals surface area contributed by atoms with Crippen LogP contribution in [0.4, 0.5) is 0 Å². The maximum absolute atomic E-state index is 5.02. The van der Waals surface area contributed by atoms with Crippen molar-refractivity contribution in [1.82, 2.24) is 5.16 Å². The topological polar surface area (TPSA) is 26.0 Å². The van der Waals surface area contributed by atoms with Crippen LogP contribution < -0.4 is 0 Å². The standard InChI is InChI=1S/C13H15NOS/c1-10-4-3-5-12(6-10)8-16-9-13-7-11(2)15-14-13/h3-7H,8-9H2,1-2H3. The van der Waals surface area contributed by atoms with E-state index in [2.05, 4.69) is 36.3 Å². The van der Waals surface area contributed by atoms with Gasteiger partial charge in [0, 0.05) is 17.6 Å². The lowest BCUT2D eigenvalue weighted by molar-refractivity contribution is 0.393. The summed E-state index contributed by atoms with van der Waals surface area (Å²) in [5, 5.41) is 3.97. The first-order chi connectivity index (χ1) is 7.74. The maximum Gasteiger partial charge on any atom is 0.133 e. The summed E-state index contributed by atoms with van der Waals surface area (Å²) in [7, 11) is 0. The van der Waals surface area contributed by atoms with E-state index in [4.69, 9.17) is 4.52 Å². The molecule has 0 bridgehead atoms. The Morgan fingerprint density at radius 2 is 2.06 bits per heavy atom. The lowest BCUT2D eigenvalue weighted by Crippen LogP contribution is -1.84. The van der Waals surface area contributed by atoms with Crippen molar-refractivity contribution in [1.29, 1.82) is 0 Å². The molecule has 0 unspecified atom stereocenters. The number of benzene rings is 1. The molecule has 2 nitrogen and oxygen atoms in total. The highest BCUT2D eigenvalue weighted by molar-refractivity contribution is 7.97. The van der Waals surface area contributed by atoms with E-state index in [1.165, 1.54) is 11.1 Å². The molecule has 0 N–H and O–H groups in total. The van der Waals surface area contributed by atoms with Gasteiger partial charge in [-0.1, -0.05) is 35.0 Å². The third kappa shape index (κ3) is 3.14. The van der Waals surface area contributed by atoms with E-state index < -0.39 is 0 Å². The van der Waals surface area contributed by atoms with Gasteiger partial charge >= 0.3 is 0 Å². The van der Waals surface area contributed by atoms with Crippen LogP contribution in [0.15, 0.2) is 34.9 Å². The summed E-state index contributed by atoms with van der Waals surface area (Å²) >= 11 is 1.86. The number of hydrogen-bond donors (Lipinski definition) is 0. The highest BCUT2D eigenvalue weighted by Gasteiger charge is 2.00. The molecule has 3 heteroatoms. The molecule has 0 aliphatic heterocycles. The highest BCUT2D eigenvalue weighted by Crippen LogP contribution is 2.18. The molecular weight excluding hydrogens is 218 g/mol. The van der Waals surface area contributed by atoms with Crippen molar-refractivity contribution in [3.8, 4) is 0 Å². The van der Waals surface area contributed by atoms with E-state index in [1.807, 2.05) is 24.8 Å². The molecule has 16 heavy (non-hydrogen) atoms. The van der Waals surface area contributed by atoms with Gasteiger partial charge in [-0.05, 0) is 19.4 Å². The first-order valence-electron chi connectivity index (χ1n) is 5.29. The summed E-state index contributed by atoms with van der Waals surface area (Å²) in [6.07, 6.45) is 0. The van der Waals surface area contributed by atoms with Crippen molar-refractivity contribution in [3.05, 3.63) is 52.9 Å². The second-order valence-electron chi connectivity index (χ2n) is 3.91. The second kappa shape index (κ2) is 5.21. The molecule has 0 aliphatic rings. The summed E-state index contributed by atoms with van der Waals surface area (Å²) in [6, 6.07) is 10.6. The van der Waals surface area contributed by atoms with E-state index >= 15 is 0 Å². The monoisotopic (exact) mass is 233 g/mol. The molecule has 84 valence electrons. The fourth-order valence-corrected chi connectivity index (χ4v) is 2.42. The smallest absolute Gasteiger partial charge is 0.133 e. The number of hydrogen-bond acceptors (Lipinski definition) is 3. The Morgan fingerprint density at radius 3 is 2.75 bits per heavy atom. The Balaban J connectivity index is 1.84. The van der Waals surface area contributed by atoms with Gasteiger partial charge in [0.05, 0.1) is 5.69 Å². The van der Waals surface area contributed by atoms with Crippen LogP contribution in [0, 0.1) is 13.8 Å². The van der Waals surface area contributed by atoms with E-state index in [9.17, 15) is 0 Å². The van der Waals surface area contributed by atoms with Gasteiger partial charge in [-0.25, -0.2) is 0 Å². The van der Waals surface area contributed by atoms with Gasteiger partial charge in [0.1, 0.15) is 5.76 Å². The summed E-state index contributed by atoms with van der Waals surface area (Å²) in [4.78, 5) is 0. The lowest BCUT2D eigenvalue weighted by atomic mass is 10.2. The quantitative estimate of drug-likeness (QED) is 0.805. The number of rotatable bonds is 4. The predicted octanol–water partition coefficient (Wildman–Crippen LogP) is 3.72. The average Bonchev–Trinajstić information content (AvgIpc) is 2.64. The maximum atomic E-state index is 5.02. The third-order valence-electron chi connectivity index (χ3n) is 2.28. The van der Waals surface area contributed by atoms with E-state index in [0.29, 0.717) is 0 Å². The molecule has 1 heterocycles. The van der Waals surface area contributed by atoms with Crippen molar-refractivity contribution in [3.63, 3.8) is 0 Å². The fraction of sp³-hybridized carbons (Fsp3) is 0.308. The van der Waals surface area contributed by atoms with Crippen molar-refractivity contribution in [2.45, 2.75) is 25.4 Å². The van der Waals surface area contributed by atoms with Crippen LogP contribution in [0.3, 0.4) is 0 Å². The molecule has 1 aromatic heterocycles. The SMILES string of the molecule is Cc1cccc(CSCc2cc(C)on2)c1. The molecule has 0 atom stereocenters. The molecule has 0 saturated heterocycles. The van der Waals surface area contributed by atoms with E-state index in [-0.39, 0.29) is 0 Å². The van der Waals surface area contributed by atoms with Crippen LogP contribution in [-0.4, -0.2) is 5.16 Å². The summed E-state index contributed by atoms with van der Waals surface area (Å²) in [6.45, 7) is 4.04. The van der Waals surface area contributed by atoms with Gasteiger partial charge < -0.3 is 4.52 Å². The first-order valence-corrected chi connectivity index (χ1v) is 6.45. The zero-order valence-electron chi connectivity index (χ0n) is 9.56. The molecule has 0 spiro atoms. The van der Waals surface area contributed by atoms with Crippen LogP contribution in [0.1, 0.15) is 22.6 Å². The van der Waals surface area contributed by atoms with Gasteiger partial charge in [-0.15, -0.1) is 0 Å². The molecule has 0 radical (unpaired) electrons. The number of nitrogens with zero attached hydrogens (tertiary/aromatic N) is 1. The normalized spacial score (nSPS) is 10.6. The van der Waals surface area contributed by atoms with Crippen LogP contribution in [-0.2, 0) is 11.5 Å². The summed E-state index contributed by atoms with van der Waals surface area (Å²) in [5.74, 6) is 2.81. The zero-order valence-corrected chi connectivity index (χ0v) is 10.4. The van der Waals surface area contributed by atoms with Gasteiger partial charge in [0.2, 0.25) is 0 Å². The largest absolute Gasteiger partial charge is 0.361 e. The van der Waals surface area contributed by atoms with Crippen LogP contribution in [0.25, 0.3) is 0 Å². The van der Waals surface area contributed by atoms with E-state index in [0.717, 1.165) is 23.0 Å². The Hall–Kier alpha value is -1.22. The summed E-state index contributed by atoms with van der Waals surface area (Å²) in [5.41, 5.74) is 3.70. The lowest BCUT2D eigenvalue weighted by Gasteiger charge is -2.01. The predicted molar refractivity (Wildman–Crippen MR) is 67.4 cm³/mol. The average molecular weight is 233 g/mol. The molecule has 2 aromatic rings. The molecule has 0 saturated carbocycles. The number of aromatic nitrogens is 1. The second-order valence-corrected chi connectivity index (χ2v) is 4.90. The Morgan fingerprint density at radius 1 is 1.19 bits per heavy atom. The third-order valence-corrected chi connectivity index (χ3v) is 3.32. The molecule has 0 aliphatic carbocycles. The van der Waals surface area contributed by atoms with Gasteiger partial charge in [-0.2, -0.15) is 11.8 Å². The first kappa shape index (κ1) is 11.3. The minimum atomic E-state index is 0.881. The van der Waals surface area contributed by atoms with Crippen molar-refractivity contribution in [2.75, 3.05) is 0 Å². The van der Waals surface area contributed by atoms with Gasteiger partial charge in [0.25, 0.3) is 0 Å². The molecule has 0 amide bonds. The Labute approximate surface area is 100 Å². The van der Waals surface area contributed by atoms with Crippen molar-refractivity contribution < 1.29 is 4.52 Å².